The highest BCUT2D eigenvalue weighted by molar-refractivity contribution is 6.32. The van der Waals surface area contributed by atoms with Crippen LogP contribution in [-0.4, -0.2) is 33.9 Å². The second-order valence-electron chi connectivity index (χ2n) is 3.77. The van der Waals surface area contributed by atoms with Crippen molar-refractivity contribution >= 4 is 11.6 Å². The molecule has 0 aliphatic carbocycles. The summed E-state index contributed by atoms with van der Waals surface area (Å²) in [5.41, 5.74) is 0.959. The van der Waals surface area contributed by atoms with Gasteiger partial charge >= 0.3 is 0 Å². The number of halogens is 1. The van der Waals surface area contributed by atoms with E-state index in [1.165, 1.54) is 0 Å². The number of ether oxygens (including phenoxy) is 3. The third-order valence-corrected chi connectivity index (χ3v) is 3.07. The van der Waals surface area contributed by atoms with E-state index < -0.39 is 0 Å². The van der Waals surface area contributed by atoms with Crippen LogP contribution in [-0.2, 0) is 4.74 Å². The van der Waals surface area contributed by atoms with Crippen molar-refractivity contribution in [2.75, 3.05) is 33.9 Å². The number of nitrogens with one attached hydrogen (secondary N) is 1. The molecule has 0 saturated carbocycles. The van der Waals surface area contributed by atoms with E-state index in [4.69, 9.17) is 25.8 Å². The number of rotatable bonds is 3. The number of benzene rings is 1. The fourth-order valence-electron chi connectivity index (χ4n) is 1.97. The van der Waals surface area contributed by atoms with Gasteiger partial charge in [0.1, 0.15) is 0 Å². The molecule has 5 heteroatoms. The number of hydrogen-bond acceptors (Lipinski definition) is 4. The van der Waals surface area contributed by atoms with Gasteiger partial charge in [-0.1, -0.05) is 17.7 Å². The third kappa shape index (κ3) is 2.49. The maximum Gasteiger partial charge on any atom is 0.179 e. The Bertz CT molecular complexity index is 392. The van der Waals surface area contributed by atoms with Gasteiger partial charge in [-0.3, -0.25) is 0 Å². The van der Waals surface area contributed by atoms with Gasteiger partial charge in [0.15, 0.2) is 11.5 Å². The summed E-state index contributed by atoms with van der Waals surface area (Å²) in [6, 6.07) is 3.72. The number of methoxy groups -OCH3 is 2. The van der Waals surface area contributed by atoms with Gasteiger partial charge in [-0.25, -0.2) is 0 Å². The largest absolute Gasteiger partial charge is 0.492 e. The molecular formula is C12H16ClNO3. The number of hydrogen-bond donors (Lipinski definition) is 1. The molecule has 0 aromatic heterocycles. The monoisotopic (exact) mass is 257 g/mol. The Morgan fingerprint density at radius 1 is 1.29 bits per heavy atom. The summed E-state index contributed by atoms with van der Waals surface area (Å²) < 4.78 is 16.4. The molecule has 1 aliphatic rings. The van der Waals surface area contributed by atoms with Crippen LogP contribution in [0, 0.1) is 0 Å². The Balaban J connectivity index is 2.38. The Kier molecular flexibility index (Phi) is 4.10. The summed E-state index contributed by atoms with van der Waals surface area (Å²) in [5, 5.41) is 3.82. The van der Waals surface area contributed by atoms with Crippen LogP contribution in [0.4, 0.5) is 0 Å². The van der Waals surface area contributed by atoms with Crippen LogP contribution in [0.15, 0.2) is 12.1 Å². The molecule has 1 aliphatic heterocycles. The molecule has 94 valence electrons. The average Bonchev–Trinajstić information content (AvgIpc) is 2.39. The lowest BCUT2D eigenvalue weighted by Gasteiger charge is -2.26. The molecule has 0 radical (unpaired) electrons. The molecule has 1 fully saturated rings. The van der Waals surface area contributed by atoms with E-state index in [0.29, 0.717) is 23.1 Å². The molecule has 1 aromatic rings. The van der Waals surface area contributed by atoms with E-state index in [0.717, 1.165) is 18.7 Å². The zero-order valence-corrected chi connectivity index (χ0v) is 10.7. The summed E-state index contributed by atoms with van der Waals surface area (Å²) in [5.74, 6) is 1.20. The molecule has 1 unspecified atom stereocenters. The minimum absolute atomic E-state index is 0.0233. The fourth-order valence-corrected chi connectivity index (χ4v) is 2.20. The molecule has 2 rings (SSSR count). The molecule has 0 amide bonds. The molecular weight excluding hydrogens is 242 g/mol. The van der Waals surface area contributed by atoms with Gasteiger partial charge in [-0.05, 0) is 6.07 Å². The van der Waals surface area contributed by atoms with Crippen molar-refractivity contribution in [3.63, 3.8) is 0 Å². The molecule has 1 N–H and O–H groups in total. The molecule has 1 atom stereocenters. The van der Waals surface area contributed by atoms with Crippen LogP contribution in [0.3, 0.4) is 0 Å². The molecule has 4 nitrogen and oxygen atoms in total. The van der Waals surface area contributed by atoms with E-state index in [-0.39, 0.29) is 6.10 Å². The molecule has 1 aromatic carbocycles. The molecule has 0 bridgehead atoms. The minimum atomic E-state index is -0.0233. The van der Waals surface area contributed by atoms with Crippen LogP contribution in [0.2, 0.25) is 5.02 Å². The van der Waals surface area contributed by atoms with Gasteiger partial charge in [0, 0.05) is 18.7 Å². The third-order valence-electron chi connectivity index (χ3n) is 2.78. The molecule has 1 heterocycles. The lowest BCUT2D eigenvalue weighted by molar-refractivity contribution is 0.0260. The first kappa shape index (κ1) is 12.5. The average molecular weight is 258 g/mol. The quantitative estimate of drug-likeness (QED) is 0.899. The highest BCUT2D eigenvalue weighted by Gasteiger charge is 2.23. The van der Waals surface area contributed by atoms with Gasteiger partial charge in [0.25, 0.3) is 0 Å². The van der Waals surface area contributed by atoms with Gasteiger partial charge in [-0.2, -0.15) is 0 Å². The van der Waals surface area contributed by atoms with Gasteiger partial charge in [0.2, 0.25) is 0 Å². The highest BCUT2D eigenvalue weighted by Crippen LogP contribution is 2.41. The van der Waals surface area contributed by atoms with Crippen molar-refractivity contribution in [1.29, 1.82) is 0 Å². The maximum atomic E-state index is 6.06. The smallest absolute Gasteiger partial charge is 0.179 e. The molecule has 17 heavy (non-hydrogen) atoms. The van der Waals surface area contributed by atoms with Gasteiger partial charge in [0.05, 0.1) is 32.0 Å². The van der Waals surface area contributed by atoms with Crippen LogP contribution in [0.1, 0.15) is 11.7 Å². The zero-order chi connectivity index (χ0) is 12.3. The Morgan fingerprint density at radius 3 is 2.65 bits per heavy atom. The lowest BCUT2D eigenvalue weighted by atomic mass is 10.1. The summed E-state index contributed by atoms with van der Waals surface area (Å²) >= 11 is 6.06. The van der Waals surface area contributed by atoms with Crippen LogP contribution < -0.4 is 14.8 Å². The molecule has 0 spiro atoms. The Labute approximate surface area is 106 Å². The summed E-state index contributed by atoms with van der Waals surface area (Å²) in [4.78, 5) is 0. The summed E-state index contributed by atoms with van der Waals surface area (Å²) in [7, 11) is 3.18. The molecule has 1 saturated heterocycles. The SMILES string of the molecule is COc1c(Cl)ccc(C2CNCCO2)c1OC. The maximum absolute atomic E-state index is 6.06. The van der Waals surface area contributed by atoms with Crippen molar-refractivity contribution in [2.24, 2.45) is 0 Å². The zero-order valence-electron chi connectivity index (χ0n) is 9.96. The lowest BCUT2D eigenvalue weighted by Crippen LogP contribution is -2.33. The summed E-state index contributed by atoms with van der Waals surface area (Å²) in [6.45, 7) is 2.34. The van der Waals surface area contributed by atoms with Gasteiger partial charge in [-0.15, -0.1) is 0 Å². The van der Waals surface area contributed by atoms with E-state index in [1.54, 1.807) is 20.3 Å². The predicted octanol–water partition coefficient (Wildman–Crippen LogP) is 2.02. The van der Waals surface area contributed by atoms with Crippen molar-refractivity contribution in [2.45, 2.75) is 6.10 Å². The number of morpholine rings is 1. The first-order valence-electron chi connectivity index (χ1n) is 5.50. The topological polar surface area (TPSA) is 39.7 Å². The van der Waals surface area contributed by atoms with Crippen molar-refractivity contribution in [3.8, 4) is 11.5 Å². The minimum Gasteiger partial charge on any atom is -0.492 e. The standard InChI is InChI=1S/C12H16ClNO3/c1-15-11-8(10-7-14-5-6-17-10)3-4-9(13)12(11)16-2/h3-4,10,14H,5-7H2,1-2H3. The van der Waals surface area contributed by atoms with Crippen molar-refractivity contribution in [3.05, 3.63) is 22.7 Å². The van der Waals surface area contributed by atoms with E-state index in [9.17, 15) is 0 Å². The highest BCUT2D eigenvalue weighted by atomic mass is 35.5. The first-order valence-corrected chi connectivity index (χ1v) is 5.88. The van der Waals surface area contributed by atoms with Crippen molar-refractivity contribution in [1.82, 2.24) is 5.32 Å². The van der Waals surface area contributed by atoms with Crippen molar-refractivity contribution < 1.29 is 14.2 Å². The second kappa shape index (κ2) is 5.58. The first-order chi connectivity index (χ1) is 8.27. The predicted molar refractivity (Wildman–Crippen MR) is 66.1 cm³/mol. The second-order valence-corrected chi connectivity index (χ2v) is 4.17. The van der Waals surface area contributed by atoms with Crippen LogP contribution >= 0.6 is 11.6 Å². The van der Waals surface area contributed by atoms with Crippen LogP contribution in [0.25, 0.3) is 0 Å². The van der Waals surface area contributed by atoms with E-state index >= 15 is 0 Å². The fraction of sp³-hybridized carbons (Fsp3) is 0.500. The van der Waals surface area contributed by atoms with Gasteiger partial charge < -0.3 is 19.5 Å². The van der Waals surface area contributed by atoms with E-state index in [1.807, 2.05) is 6.07 Å². The Morgan fingerprint density at radius 2 is 2.06 bits per heavy atom. The van der Waals surface area contributed by atoms with Crippen LogP contribution in [0.5, 0.6) is 11.5 Å². The summed E-state index contributed by atoms with van der Waals surface area (Å²) in [6.07, 6.45) is -0.0233. The Hall–Kier alpha value is -0.970. The normalized spacial score (nSPS) is 20.1. The van der Waals surface area contributed by atoms with E-state index in [2.05, 4.69) is 5.32 Å².